The first kappa shape index (κ1) is 11.0. The fraction of sp³-hybridized carbons (Fsp3) is 0.500. The van der Waals surface area contributed by atoms with E-state index in [9.17, 15) is 0 Å². The van der Waals surface area contributed by atoms with Gasteiger partial charge in [0.05, 0.1) is 12.8 Å². The lowest BCUT2D eigenvalue weighted by atomic mass is 10.3. The second-order valence-corrected chi connectivity index (χ2v) is 2.35. The zero-order valence-corrected chi connectivity index (χ0v) is 8.13. The molecule has 0 fully saturated rings. The van der Waals surface area contributed by atoms with Gasteiger partial charge in [0.2, 0.25) is 0 Å². The molecule has 0 heterocycles. The Bertz CT molecular complexity index is 192. The molecule has 0 spiro atoms. The summed E-state index contributed by atoms with van der Waals surface area (Å²) in [7, 11) is 1.63. The third kappa shape index (κ3) is 3.96. The van der Waals surface area contributed by atoms with Crippen LogP contribution < -0.4 is 0 Å². The molecule has 2 heteroatoms. The Morgan fingerprint density at radius 3 is 2.50 bits per heavy atom. The highest BCUT2D eigenvalue weighted by molar-refractivity contribution is 5.59. The standard InChI is InChI=1S/C10H17NO/c1-5-7-10(12-4)9(3)11-8-6-2/h7-8H,3,5-6H2,1-2,4H3/b10-7+,11-8?. The summed E-state index contributed by atoms with van der Waals surface area (Å²) >= 11 is 0. The van der Waals surface area contributed by atoms with Crippen LogP contribution in [0.15, 0.2) is 29.1 Å². The molecule has 0 aromatic carbocycles. The molecule has 0 aromatic heterocycles. The number of ether oxygens (including phenoxy) is 1. The van der Waals surface area contributed by atoms with Crippen LogP contribution in [0.5, 0.6) is 0 Å². The number of allylic oxidation sites excluding steroid dienone is 1. The molecule has 12 heavy (non-hydrogen) atoms. The summed E-state index contributed by atoms with van der Waals surface area (Å²) in [6.45, 7) is 7.88. The quantitative estimate of drug-likeness (QED) is 0.350. The van der Waals surface area contributed by atoms with Gasteiger partial charge in [-0.3, -0.25) is 4.99 Å². The molecular weight excluding hydrogens is 150 g/mol. The minimum atomic E-state index is 0.696. The van der Waals surface area contributed by atoms with Gasteiger partial charge in [0.25, 0.3) is 0 Å². The van der Waals surface area contributed by atoms with Crippen LogP contribution in [0.4, 0.5) is 0 Å². The van der Waals surface area contributed by atoms with Crippen LogP contribution in [-0.2, 0) is 4.74 Å². The van der Waals surface area contributed by atoms with Crippen molar-refractivity contribution in [3.63, 3.8) is 0 Å². The summed E-state index contributed by atoms with van der Waals surface area (Å²) in [5.41, 5.74) is 0.696. The van der Waals surface area contributed by atoms with Gasteiger partial charge >= 0.3 is 0 Å². The summed E-state index contributed by atoms with van der Waals surface area (Å²) in [4.78, 5) is 4.12. The fourth-order valence-corrected chi connectivity index (χ4v) is 0.769. The number of methoxy groups -OCH3 is 1. The number of rotatable bonds is 5. The van der Waals surface area contributed by atoms with Crippen molar-refractivity contribution in [2.75, 3.05) is 7.11 Å². The van der Waals surface area contributed by atoms with Gasteiger partial charge in [0.15, 0.2) is 0 Å². The molecule has 2 nitrogen and oxygen atoms in total. The van der Waals surface area contributed by atoms with Crippen molar-refractivity contribution in [2.24, 2.45) is 4.99 Å². The molecule has 68 valence electrons. The highest BCUT2D eigenvalue weighted by Crippen LogP contribution is 2.10. The van der Waals surface area contributed by atoms with Crippen LogP contribution in [0.25, 0.3) is 0 Å². The molecular formula is C10H17NO. The van der Waals surface area contributed by atoms with Crippen LogP contribution in [0.3, 0.4) is 0 Å². The van der Waals surface area contributed by atoms with Gasteiger partial charge in [0.1, 0.15) is 5.76 Å². The summed E-state index contributed by atoms with van der Waals surface area (Å²) in [5.74, 6) is 0.766. The van der Waals surface area contributed by atoms with Gasteiger partial charge in [-0.1, -0.05) is 20.4 Å². The van der Waals surface area contributed by atoms with E-state index in [4.69, 9.17) is 4.74 Å². The molecule has 0 N–H and O–H groups in total. The second kappa shape index (κ2) is 6.65. The van der Waals surface area contributed by atoms with E-state index in [1.165, 1.54) is 0 Å². The lowest BCUT2D eigenvalue weighted by Gasteiger charge is -2.03. The van der Waals surface area contributed by atoms with Gasteiger partial charge in [0, 0.05) is 6.21 Å². The van der Waals surface area contributed by atoms with Crippen molar-refractivity contribution in [3.8, 4) is 0 Å². The largest absolute Gasteiger partial charge is 0.495 e. The summed E-state index contributed by atoms with van der Waals surface area (Å²) < 4.78 is 5.10. The first-order valence-corrected chi connectivity index (χ1v) is 4.22. The molecule has 0 saturated heterocycles. The second-order valence-electron chi connectivity index (χ2n) is 2.35. The van der Waals surface area contributed by atoms with Crippen LogP contribution in [-0.4, -0.2) is 13.3 Å². The highest BCUT2D eigenvalue weighted by atomic mass is 16.5. The van der Waals surface area contributed by atoms with Crippen LogP contribution in [0.1, 0.15) is 26.7 Å². The first-order chi connectivity index (χ1) is 5.76. The van der Waals surface area contributed by atoms with Gasteiger partial charge in [-0.15, -0.1) is 0 Å². The maximum Gasteiger partial charge on any atom is 0.139 e. The van der Waals surface area contributed by atoms with E-state index in [-0.39, 0.29) is 0 Å². The van der Waals surface area contributed by atoms with Crippen LogP contribution in [0.2, 0.25) is 0 Å². The lowest BCUT2D eigenvalue weighted by Crippen LogP contribution is -1.89. The predicted molar refractivity (Wildman–Crippen MR) is 53.3 cm³/mol. The van der Waals surface area contributed by atoms with E-state index in [2.05, 4.69) is 18.5 Å². The maximum absolute atomic E-state index is 5.10. The van der Waals surface area contributed by atoms with Crippen LogP contribution in [0, 0.1) is 0 Å². The Hall–Kier alpha value is -1.05. The fourth-order valence-electron chi connectivity index (χ4n) is 0.769. The van der Waals surface area contributed by atoms with Crippen molar-refractivity contribution in [1.29, 1.82) is 0 Å². The topological polar surface area (TPSA) is 21.6 Å². The van der Waals surface area contributed by atoms with Gasteiger partial charge in [-0.25, -0.2) is 0 Å². The van der Waals surface area contributed by atoms with Crippen LogP contribution >= 0.6 is 0 Å². The molecule has 0 aromatic rings. The van der Waals surface area contributed by atoms with E-state index in [0.717, 1.165) is 18.6 Å². The van der Waals surface area contributed by atoms with Crippen molar-refractivity contribution in [3.05, 3.63) is 24.1 Å². The average Bonchev–Trinajstić information content (AvgIpc) is 2.10. The molecule has 0 aliphatic rings. The Morgan fingerprint density at radius 1 is 1.42 bits per heavy atom. The maximum atomic E-state index is 5.10. The van der Waals surface area contributed by atoms with Crippen molar-refractivity contribution in [1.82, 2.24) is 0 Å². The molecule has 0 unspecified atom stereocenters. The van der Waals surface area contributed by atoms with Crippen molar-refractivity contribution < 1.29 is 4.74 Å². The minimum absolute atomic E-state index is 0.696. The Labute approximate surface area is 74.7 Å². The smallest absolute Gasteiger partial charge is 0.139 e. The molecule has 0 aliphatic heterocycles. The molecule has 0 amide bonds. The third-order valence-corrected chi connectivity index (χ3v) is 1.32. The Balaban J connectivity index is 4.22. The first-order valence-electron chi connectivity index (χ1n) is 4.22. The molecule has 0 bridgehead atoms. The van der Waals surface area contributed by atoms with E-state index in [1.807, 2.05) is 19.2 Å². The minimum Gasteiger partial charge on any atom is -0.495 e. The lowest BCUT2D eigenvalue weighted by molar-refractivity contribution is 0.299. The predicted octanol–water partition coefficient (Wildman–Crippen LogP) is 2.92. The monoisotopic (exact) mass is 167 g/mol. The molecule has 0 aliphatic carbocycles. The van der Waals surface area contributed by atoms with E-state index in [0.29, 0.717) is 5.70 Å². The Kier molecular flexibility index (Phi) is 6.07. The van der Waals surface area contributed by atoms with E-state index in [1.54, 1.807) is 7.11 Å². The third-order valence-electron chi connectivity index (χ3n) is 1.32. The van der Waals surface area contributed by atoms with Crippen molar-refractivity contribution >= 4 is 6.21 Å². The summed E-state index contributed by atoms with van der Waals surface area (Å²) in [6, 6.07) is 0. The molecule has 0 radical (unpaired) electrons. The normalized spacial score (nSPS) is 12.1. The Morgan fingerprint density at radius 2 is 2.08 bits per heavy atom. The van der Waals surface area contributed by atoms with E-state index < -0.39 is 0 Å². The number of nitrogens with zero attached hydrogens (tertiary/aromatic N) is 1. The zero-order chi connectivity index (χ0) is 9.40. The van der Waals surface area contributed by atoms with E-state index >= 15 is 0 Å². The van der Waals surface area contributed by atoms with Gasteiger partial charge < -0.3 is 4.74 Å². The zero-order valence-electron chi connectivity index (χ0n) is 8.13. The van der Waals surface area contributed by atoms with Gasteiger partial charge in [-0.05, 0) is 18.9 Å². The number of hydrogen-bond donors (Lipinski definition) is 0. The SMILES string of the molecule is C=C(N=CCC)/C(=C\CC)OC. The number of hydrogen-bond acceptors (Lipinski definition) is 2. The number of aliphatic imine (C=N–C) groups is 1. The molecule has 0 saturated carbocycles. The average molecular weight is 167 g/mol. The highest BCUT2D eigenvalue weighted by Gasteiger charge is 1.97. The summed E-state index contributed by atoms with van der Waals surface area (Å²) in [5, 5.41) is 0. The van der Waals surface area contributed by atoms with Crippen molar-refractivity contribution in [2.45, 2.75) is 26.7 Å². The summed E-state index contributed by atoms with van der Waals surface area (Å²) in [6.07, 6.45) is 5.65. The molecule has 0 atom stereocenters. The van der Waals surface area contributed by atoms with Gasteiger partial charge in [-0.2, -0.15) is 0 Å². The molecule has 0 rings (SSSR count).